The van der Waals surface area contributed by atoms with Crippen LogP contribution >= 0.6 is 11.3 Å². The molecule has 1 atom stereocenters. The van der Waals surface area contributed by atoms with E-state index in [0.29, 0.717) is 5.13 Å². The Morgan fingerprint density at radius 3 is 2.45 bits per heavy atom. The minimum atomic E-state index is -0.876. The average molecular weight is 427 g/mol. The number of thiazole rings is 1. The van der Waals surface area contributed by atoms with Gasteiger partial charge in [-0.05, 0) is 49.1 Å². The van der Waals surface area contributed by atoms with Crippen molar-refractivity contribution in [2.75, 3.05) is 5.32 Å². The minimum Gasteiger partial charge on any atom is -0.369 e. The first-order chi connectivity index (χ1) is 15.1. The molecule has 1 fully saturated rings. The van der Waals surface area contributed by atoms with Crippen LogP contribution in [0.25, 0.3) is 21.7 Å². The topological polar surface area (TPSA) is 84.1 Å². The van der Waals surface area contributed by atoms with E-state index in [0.717, 1.165) is 52.1 Å². The van der Waals surface area contributed by atoms with Crippen molar-refractivity contribution < 1.29 is 5.11 Å². The number of aromatic nitrogens is 2. The lowest BCUT2D eigenvalue weighted by Gasteiger charge is -2.37. The Morgan fingerprint density at radius 2 is 1.81 bits per heavy atom. The van der Waals surface area contributed by atoms with Crippen LogP contribution < -0.4 is 11.1 Å². The van der Waals surface area contributed by atoms with Crippen molar-refractivity contribution in [3.63, 3.8) is 0 Å². The number of pyridine rings is 1. The lowest BCUT2D eigenvalue weighted by atomic mass is 9.73. The van der Waals surface area contributed by atoms with Crippen molar-refractivity contribution in [3.05, 3.63) is 90.3 Å². The monoisotopic (exact) mass is 426 g/mol. The quantitative estimate of drug-likeness (QED) is 0.381. The van der Waals surface area contributed by atoms with Gasteiger partial charge in [-0.15, -0.1) is 0 Å². The Labute approximate surface area is 185 Å². The zero-order chi connectivity index (χ0) is 21.3. The third kappa shape index (κ3) is 3.91. The van der Waals surface area contributed by atoms with Crippen LogP contribution in [0.4, 0.5) is 5.13 Å². The van der Waals surface area contributed by atoms with E-state index in [-0.39, 0.29) is 5.54 Å². The van der Waals surface area contributed by atoms with Gasteiger partial charge in [0.1, 0.15) is 0 Å². The molecule has 5 rings (SSSR count). The molecule has 1 unspecified atom stereocenters. The van der Waals surface area contributed by atoms with E-state index in [1.165, 1.54) is 11.3 Å². The van der Waals surface area contributed by atoms with Gasteiger partial charge in [0.05, 0.1) is 16.1 Å². The first-order valence-corrected chi connectivity index (χ1v) is 11.1. The standard InChI is InChI=1S/C25H22N4OS/c26-25(13-4-14-25)20-9-7-17(8-10-20)21-22(18-5-2-1-3-6-18)31-24(28-21)29-23(30)19-11-15-27-16-12-19/h1-3,5-7,9,11-12,15-16,23,30H,4,13-14,26H2,(H,28,29). The molecular formula is C25H22N4OS. The number of nitrogens with two attached hydrogens (primary N) is 1. The molecular weight excluding hydrogens is 404 g/mol. The summed E-state index contributed by atoms with van der Waals surface area (Å²) in [5, 5.41) is 14.3. The summed E-state index contributed by atoms with van der Waals surface area (Å²) in [6.07, 6.45) is 5.57. The SMILES string of the molecule is NC1(c2c#cc(-c3nc(NC(O)c4ccncc4)sc3-c3ccccc3)cc2)CCC1. The largest absolute Gasteiger partial charge is 0.369 e. The molecule has 0 aliphatic heterocycles. The molecule has 2 heterocycles. The summed E-state index contributed by atoms with van der Waals surface area (Å²) in [7, 11) is 0. The van der Waals surface area contributed by atoms with Crippen LogP contribution in [-0.2, 0) is 5.54 Å². The van der Waals surface area contributed by atoms with Crippen molar-refractivity contribution >= 4 is 16.5 Å². The van der Waals surface area contributed by atoms with Crippen LogP contribution in [-0.4, -0.2) is 15.1 Å². The summed E-state index contributed by atoms with van der Waals surface area (Å²) < 4.78 is 0. The highest BCUT2D eigenvalue weighted by molar-refractivity contribution is 7.19. The van der Waals surface area contributed by atoms with E-state index in [1.54, 1.807) is 24.5 Å². The molecule has 0 bridgehead atoms. The summed E-state index contributed by atoms with van der Waals surface area (Å²) in [5.74, 6) is 0. The summed E-state index contributed by atoms with van der Waals surface area (Å²) in [4.78, 5) is 9.80. The third-order valence-electron chi connectivity index (χ3n) is 5.73. The van der Waals surface area contributed by atoms with Crippen molar-refractivity contribution in [2.24, 2.45) is 5.73 Å². The number of benzene rings is 1. The Hall–Kier alpha value is -3.24. The molecule has 1 saturated carbocycles. The molecule has 4 aromatic rings. The van der Waals surface area contributed by atoms with Crippen LogP contribution in [0, 0.1) is 12.1 Å². The molecule has 1 aliphatic carbocycles. The molecule has 0 spiro atoms. The van der Waals surface area contributed by atoms with Crippen LogP contribution in [0.5, 0.6) is 0 Å². The van der Waals surface area contributed by atoms with Crippen LogP contribution in [0.1, 0.15) is 36.6 Å². The smallest absolute Gasteiger partial charge is 0.186 e. The van der Waals surface area contributed by atoms with Gasteiger partial charge in [-0.25, -0.2) is 4.98 Å². The van der Waals surface area contributed by atoms with Gasteiger partial charge in [0.2, 0.25) is 0 Å². The second-order valence-corrected chi connectivity index (χ2v) is 8.81. The fourth-order valence-corrected chi connectivity index (χ4v) is 4.74. The maximum atomic E-state index is 10.6. The summed E-state index contributed by atoms with van der Waals surface area (Å²) in [6.45, 7) is 0. The average Bonchev–Trinajstić information content (AvgIpc) is 3.22. The lowest BCUT2D eigenvalue weighted by molar-refractivity contribution is 0.208. The van der Waals surface area contributed by atoms with Crippen LogP contribution in [0.2, 0.25) is 0 Å². The first-order valence-electron chi connectivity index (χ1n) is 10.3. The van der Waals surface area contributed by atoms with Crippen molar-refractivity contribution in [1.29, 1.82) is 0 Å². The molecule has 0 saturated heterocycles. The Balaban J connectivity index is 1.49. The van der Waals surface area contributed by atoms with Gasteiger partial charge in [0.25, 0.3) is 0 Å². The van der Waals surface area contributed by atoms with Crippen molar-refractivity contribution in [2.45, 2.75) is 31.0 Å². The summed E-state index contributed by atoms with van der Waals surface area (Å²) >= 11 is 1.50. The van der Waals surface area contributed by atoms with Crippen LogP contribution in [0.15, 0.2) is 67.0 Å². The zero-order valence-electron chi connectivity index (χ0n) is 16.9. The molecule has 0 amide bonds. The van der Waals surface area contributed by atoms with E-state index in [9.17, 15) is 5.11 Å². The number of nitrogens with zero attached hydrogens (tertiary/aromatic N) is 2. The second-order valence-electron chi connectivity index (χ2n) is 7.81. The van der Waals surface area contributed by atoms with E-state index >= 15 is 0 Å². The highest BCUT2D eigenvalue weighted by Crippen LogP contribution is 2.41. The molecule has 4 N–H and O–H groups in total. The second kappa shape index (κ2) is 8.12. The molecule has 0 radical (unpaired) electrons. The maximum Gasteiger partial charge on any atom is 0.186 e. The number of aliphatic hydroxyl groups is 1. The predicted octanol–water partition coefficient (Wildman–Crippen LogP) is 4.91. The molecule has 31 heavy (non-hydrogen) atoms. The normalized spacial score (nSPS) is 15.5. The fraction of sp³-hybridized carbons (Fsp3) is 0.200. The minimum absolute atomic E-state index is 0.263. The Kier molecular flexibility index (Phi) is 5.16. The van der Waals surface area contributed by atoms with Crippen LogP contribution in [0.3, 0.4) is 0 Å². The number of rotatable bonds is 6. The van der Waals surface area contributed by atoms with Crippen molar-refractivity contribution in [3.8, 4) is 21.7 Å². The molecule has 2 aromatic heterocycles. The summed E-state index contributed by atoms with van der Waals surface area (Å²) in [6, 6.07) is 24.3. The maximum absolute atomic E-state index is 10.6. The zero-order valence-corrected chi connectivity index (χ0v) is 17.7. The van der Waals surface area contributed by atoms with E-state index < -0.39 is 6.23 Å². The van der Waals surface area contributed by atoms with Gasteiger partial charge in [0.15, 0.2) is 11.4 Å². The number of aliphatic hydroxyl groups excluding tert-OH is 1. The molecule has 5 nitrogen and oxygen atoms in total. The van der Waals surface area contributed by atoms with Crippen molar-refractivity contribution in [1.82, 2.24) is 9.97 Å². The lowest BCUT2D eigenvalue weighted by Crippen LogP contribution is -2.43. The van der Waals surface area contributed by atoms with Gasteiger partial charge in [-0.3, -0.25) is 4.98 Å². The first kappa shape index (κ1) is 19.7. The summed E-state index contributed by atoms with van der Waals surface area (Å²) in [5.41, 5.74) is 10.6. The van der Waals surface area contributed by atoms with Gasteiger partial charge in [-0.2, -0.15) is 0 Å². The predicted molar refractivity (Wildman–Crippen MR) is 123 cm³/mol. The Morgan fingerprint density at radius 1 is 1.03 bits per heavy atom. The van der Waals surface area contributed by atoms with E-state index in [2.05, 4.69) is 34.6 Å². The van der Waals surface area contributed by atoms with Gasteiger partial charge < -0.3 is 16.2 Å². The Bertz CT molecular complexity index is 1160. The highest BCUT2D eigenvalue weighted by Gasteiger charge is 2.34. The van der Waals surface area contributed by atoms with Gasteiger partial charge >= 0.3 is 0 Å². The number of nitrogens with one attached hydrogen (secondary N) is 1. The molecule has 6 heteroatoms. The number of anilines is 1. The third-order valence-corrected chi connectivity index (χ3v) is 6.77. The van der Waals surface area contributed by atoms with Gasteiger partial charge in [0, 0.05) is 29.1 Å². The molecule has 2 aromatic carbocycles. The fourth-order valence-electron chi connectivity index (χ4n) is 3.74. The van der Waals surface area contributed by atoms with E-state index in [1.807, 2.05) is 30.3 Å². The van der Waals surface area contributed by atoms with Gasteiger partial charge in [-0.1, -0.05) is 53.8 Å². The highest BCUT2D eigenvalue weighted by atomic mass is 32.1. The molecule has 154 valence electrons. The molecule has 1 aliphatic rings. The van der Waals surface area contributed by atoms with E-state index in [4.69, 9.17) is 10.7 Å². The number of hydrogen-bond donors (Lipinski definition) is 3. The number of hydrogen-bond acceptors (Lipinski definition) is 6.